The molecule has 0 aliphatic carbocycles. The molecule has 7 nitrogen and oxygen atoms in total. The van der Waals surface area contributed by atoms with Crippen molar-refractivity contribution in [3.8, 4) is 17.0 Å². The van der Waals surface area contributed by atoms with Crippen LogP contribution >= 0.6 is 22.9 Å². The molecule has 1 amide bonds. The number of hydrogen-bond acceptors (Lipinski definition) is 6. The van der Waals surface area contributed by atoms with Gasteiger partial charge in [-0.1, -0.05) is 35.1 Å². The zero-order valence-electron chi connectivity index (χ0n) is 17.0. The van der Waals surface area contributed by atoms with Gasteiger partial charge in [0, 0.05) is 23.7 Å². The Morgan fingerprint density at radius 2 is 1.97 bits per heavy atom. The van der Waals surface area contributed by atoms with Gasteiger partial charge in [-0.15, -0.1) is 0 Å². The smallest absolute Gasteiger partial charge is 0.243 e. The highest BCUT2D eigenvalue weighted by Crippen LogP contribution is 2.40. The SMILES string of the molecule is O=C(Nc1nc2c(s1)COc1ccccc1-2)C1CCCN(S(=O)(=O)c2ccc(Cl)cc2)C1. The normalized spacial score (nSPS) is 18.3. The molecule has 2 aromatic carbocycles. The van der Waals surface area contributed by atoms with Crippen LogP contribution in [-0.4, -0.2) is 36.7 Å². The van der Waals surface area contributed by atoms with E-state index >= 15 is 0 Å². The third-order valence-electron chi connectivity index (χ3n) is 5.63. The van der Waals surface area contributed by atoms with Crippen molar-refractivity contribution in [1.82, 2.24) is 9.29 Å². The molecule has 2 aliphatic heterocycles. The van der Waals surface area contributed by atoms with Crippen molar-refractivity contribution in [2.75, 3.05) is 18.4 Å². The zero-order valence-corrected chi connectivity index (χ0v) is 19.3. The summed E-state index contributed by atoms with van der Waals surface area (Å²) >= 11 is 7.26. The average molecular weight is 490 g/mol. The molecule has 1 saturated heterocycles. The number of sulfonamides is 1. The summed E-state index contributed by atoms with van der Waals surface area (Å²) in [6.45, 7) is 0.929. The van der Waals surface area contributed by atoms with Gasteiger partial charge < -0.3 is 10.1 Å². The lowest BCUT2D eigenvalue weighted by molar-refractivity contribution is -0.120. The van der Waals surface area contributed by atoms with E-state index in [1.807, 2.05) is 24.3 Å². The van der Waals surface area contributed by atoms with Crippen LogP contribution in [0, 0.1) is 5.92 Å². The molecular weight excluding hydrogens is 470 g/mol. The van der Waals surface area contributed by atoms with Crippen molar-refractivity contribution in [2.24, 2.45) is 5.92 Å². The molecule has 1 fully saturated rings. The van der Waals surface area contributed by atoms with E-state index in [0.29, 0.717) is 36.1 Å². The average Bonchev–Trinajstić information content (AvgIpc) is 3.22. The van der Waals surface area contributed by atoms with Crippen molar-refractivity contribution in [2.45, 2.75) is 24.3 Å². The number of halogens is 1. The monoisotopic (exact) mass is 489 g/mol. The second kappa shape index (κ2) is 8.47. The van der Waals surface area contributed by atoms with E-state index in [0.717, 1.165) is 21.9 Å². The number of carbonyl (C=O) groups excluding carboxylic acids is 1. The van der Waals surface area contributed by atoms with E-state index in [1.165, 1.54) is 27.8 Å². The van der Waals surface area contributed by atoms with Crippen molar-refractivity contribution in [3.63, 3.8) is 0 Å². The molecule has 166 valence electrons. The van der Waals surface area contributed by atoms with E-state index in [4.69, 9.17) is 16.3 Å². The number of carbonyl (C=O) groups is 1. The first-order valence-corrected chi connectivity index (χ1v) is 12.8. The minimum Gasteiger partial charge on any atom is -0.487 e. The van der Waals surface area contributed by atoms with Crippen LogP contribution in [0.2, 0.25) is 5.02 Å². The first-order chi connectivity index (χ1) is 15.4. The number of piperidine rings is 1. The number of benzene rings is 2. The molecule has 3 heterocycles. The number of fused-ring (bicyclic) bond motifs is 3. The molecule has 3 aromatic rings. The Bertz CT molecular complexity index is 1270. The highest BCUT2D eigenvalue weighted by Gasteiger charge is 2.34. The fraction of sp³-hybridized carbons (Fsp3) is 0.273. The summed E-state index contributed by atoms with van der Waals surface area (Å²) in [6.07, 6.45) is 1.23. The van der Waals surface area contributed by atoms with Crippen LogP contribution in [0.15, 0.2) is 53.4 Å². The van der Waals surface area contributed by atoms with Crippen LogP contribution < -0.4 is 10.1 Å². The number of nitrogens with one attached hydrogen (secondary N) is 1. The predicted molar refractivity (Wildman–Crippen MR) is 123 cm³/mol. The number of anilines is 1. The molecule has 0 saturated carbocycles. The highest BCUT2D eigenvalue weighted by molar-refractivity contribution is 7.89. The Balaban J connectivity index is 1.31. The summed E-state index contributed by atoms with van der Waals surface area (Å²) in [4.78, 5) is 18.7. The van der Waals surface area contributed by atoms with Gasteiger partial charge in [0.05, 0.1) is 21.4 Å². The number of ether oxygens (including phenoxy) is 1. The summed E-state index contributed by atoms with van der Waals surface area (Å²) in [5.41, 5.74) is 1.73. The third kappa shape index (κ3) is 4.01. The molecule has 1 N–H and O–H groups in total. The van der Waals surface area contributed by atoms with Crippen LogP contribution in [0.4, 0.5) is 5.13 Å². The Kier molecular flexibility index (Phi) is 5.66. The number of rotatable bonds is 4. The third-order valence-corrected chi connectivity index (χ3v) is 8.71. The number of amides is 1. The maximum atomic E-state index is 13.0. The van der Waals surface area contributed by atoms with Crippen LogP contribution in [0.1, 0.15) is 17.7 Å². The lowest BCUT2D eigenvalue weighted by atomic mass is 9.99. The predicted octanol–water partition coefficient (Wildman–Crippen LogP) is 4.40. The van der Waals surface area contributed by atoms with Gasteiger partial charge in [0.1, 0.15) is 12.4 Å². The lowest BCUT2D eigenvalue weighted by Gasteiger charge is -2.31. The maximum absolute atomic E-state index is 13.0. The summed E-state index contributed by atoms with van der Waals surface area (Å²) in [6, 6.07) is 13.7. The molecule has 5 rings (SSSR count). The van der Waals surface area contributed by atoms with Gasteiger partial charge in [-0.05, 0) is 49.2 Å². The van der Waals surface area contributed by atoms with Crippen molar-refractivity contribution in [1.29, 1.82) is 0 Å². The topological polar surface area (TPSA) is 88.6 Å². The fourth-order valence-corrected chi connectivity index (χ4v) is 6.52. The number of aromatic nitrogens is 1. The maximum Gasteiger partial charge on any atom is 0.243 e. The molecule has 1 unspecified atom stereocenters. The van der Waals surface area contributed by atoms with Crippen LogP contribution in [0.25, 0.3) is 11.3 Å². The molecular formula is C22H20ClN3O4S2. The molecule has 0 bridgehead atoms. The minimum atomic E-state index is -3.69. The minimum absolute atomic E-state index is 0.133. The van der Waals surface area contributed by atoms with Gasteiger partial charge in [0.15, 0.2) is 5.13 Å². The molecule has 0 spiro atoms. The zero-order chi connectivity index (χ0) is 22.3. The molecule has 1 atom stereocenters. The van der Waals surface area contributed by atoms with Gasteiger partial charge in [-0.2, -0.15) is 4.31 Å². The number of thiazole rings is 1. The van der Waals surface area contributed by atoms with Gasteiger partial charge in [-0.3, -0.25) is 4.79 Å². The number of nitrogens with zero attached hydrogens (tertiary/aromatic N) is 2. The number of para-hydroxylation sites is 1. The van der Waals surface area contributed by atoms with Gasteiger partial charge in [0.25, 0.3) is 0 Å². The van der Waals surface area contributed by atoms with Gasteiger partial charge in [-0.25, -0.2) is 13.4 Å². The van der Waals surface area contributed by atoms with Gasteiger partial charge in [0.2, 0.25) is 15.9 Å². The van der Waals surface area contributed by atoms with Crippen LogP contribution in [0.5, 0.6) is 5.75 Å². The Labute approximate surface area is 195 Å². The molecule has 32 heavy (non-hydrogen) atoms. The van der Waals surface area contributed by atoms with Crippen molar-refractivity contribution < 1.29 is 17.9 Å². The van der Waals surface area contributed by atoms with Gasteiger partial charge >= 0.3 is 0 Å². The number of hydrogen-bond donors (Lipinski definition) is 1. The summed E-state index contributed by atoms with van der Waals surface area (Å²) in [5.74, 6) is 0.107. The summed E-state index contributed by atoms with van der Waals surface area (Å²) < 4.78 is 33.1. The van der Waals surface area contributed by atoms with Crippen molar-refractivity contribution >= 4 is 44.0 Å². The molecule has 0 radical (unpaired) electrons. The van der Waals surface area contributed by atoms with Crippen LogP contribution in [0.3, 0.4) is 0 Å². The quantitative estimate of drug-likeness (QED) is 0.587. The fourth-order valence-electron chi connectivity index (χ4n) is 3.98. The molecule has 10 heteroatoms. The Morgan fingerprint density at radius 3 is 2.78 bits per heavy atom. The molecule has 1 aromatic heterocycles. The van der Waals surface area contributed by atoms with Crippen molar-refractivity contribution in [3.05, 3.63) is 58.4 Å². The first-order valence-electron chi connectivity index (χ1n) is 10.2. The van der Waals surface area contributed by atoms with E-state index in [1.54, 1.807) is 12.1 Å². The van der Waals surface area contributed by atoms with E-state index in [-0.39, 0.29) is 17.3 Å². The van der Waals surface area contributed by atoms with E-state index < -0.39 is 15.9 Å². The lowest BCUT2D eigenvalue weighted by Crippen LogP contribution is -2.43. The molecule has 2 aliphatic rings. The second-order valence-corrected chi connectivity index (χ2v) is 11.2. The van der Waals surface area contributed by atoms with E-state index in [2.05, 4.69) is 10.3 Å². The Morgan fingerprint density at radius 1 is 1.19 bits per heavy atom. The Hall–Kier alpha value is -2.46. The highest BCUT2D eigenvalue weighted by atomic mass is 35.5. The summed E-state index contributed by atoms with van der Waals surface area (Å²) in [7, 11) is -3.69. The second-order valence-electron chi connectivity index (χ2n) is 7.72. The largest absolute Gasteiger partial charge is 0.487 e. The first kappa shape index (κ1) is 21.4. The summed E-state index contributed by atoms with van der Waals surface area (Å²) in [5, 5.41) is 3.86. The van der Waals surface area contributed by atoms with E-state index in [9.17, 15) is 13.2 Å². The van der Waals surface area contributed by atoms with Crippen LogP contribution in [-0.2, 0) is 21.4 Å². The standard InChI is InChI=1S/C22H20ClN3O4S2/c23-15-7-9-16(10-8-15)32(28,29)26-11-3-4-14(12-26)21(27)25-22-24-20-17-5-1-2-6-18(17)30-13-19(20)31-22/h1-2,5-10,14H,3-4,11-13H2,(H,24,25,27).